The first-order chi connectivity index (χ1) is 10.8. The van der Waals surface area contributed by atoms with Crippen molar-refractivity contribution in [2.75, 3.05) is 0 Å². The van der Waals surface area contributed by atoms with Crippen LogP contribution in [0.1, 0.15) is 58.6 Å². The van der Waals surface area contributed by atoms with E-state index in [1.807, 2.05) is 6.92 Å². The third-order valence-corrected chi connectivity index (χ3v) is 5.60. The van der Waals surface area contributed by atoms with Crippen molar-refractivity contribution in [3.63, 3.8) is 0 Å². The minimum atomic E-state index is 0. The summed E-state index contributed by atoms with van der Waals surface area (Å²) < 4.78 is 1.80. The molecule has 0 amide bonds. The van der Waals surface area contributed by atoms with E-state index in [2.05, 4.69) is 46.8 Å². The summed E-state index contributed by atoms with van der Waals surface area (Å²) in [6.07, 6.45) is 0. The number of benzene rings is 2. The summed E-state index contributed by atoms with van der Waals surface area (Å²) in [5.74, 6) is 0.859. The highest BCUT2D eigenvalue weighted by Crippen LogP contribution is 2.41. The summed E-state index contributed by atoms with van der Waals surface area (Å²) >= 11 is 0. The Balaban J connectivity index is 0.00000113. The fourth-order valence-electron chi connectivity index (χ4n) is 3.68. The first-order valence-corrected chi connectivity index (χ1v) is 7.98. The Morgan fingerprint density at radius 3 is 1.88 bits per heavy atom. The van der Waals surface area contributed by atoms with Crippen LogP contribution >= 0.6 is 0 Å². The standard InChI is InChI=1S/C20H20N2O.2CH4/c1-9-7-15-16(8-10(9)2)22-19(21-15)17-13(5)11(3)12(4)14(6)18(17)20(22)23;;/h7-8H,1-6H3;2*1H4. The number of carbonyl (C=O) groups excluding carboxylic acids is 1. The minimum absolute atomic E-state index is 0. The molecule has 0 unspecified atom stereocenters. The van der Waals surface area contributed by atoms with E-state index in [4.69, 9.17) is 4.98 Å². The average Bonchev–Trinajstić information content (AvgIpc) is 2.99. The van der Waals surface area contributed by atoms with Gasteiger partial charge in [-0.25, -0.2) is 4.98 Å². The monoisotopic (exact) mass is 336 g/mol. The molecule has 1 aliphatic rings. The smallest absolute Gasteiger partial charge is 0.265 e. The van der Waals surface area contributed by atoms with Crippen LogP contribution in [0, 0.1) is 41.5 Å². The molecule has 0 aliphatic carbocycles. The molecule has 0 saturated heterocycles. The van der Waals surface area contributed by atoms with Crippen molar-refractivity contribution in [3.05, 3.63) is 51.1 Å². The summed E-state index contributed by atoms with van der Waals surface area (Å²) in [7, 11) is 0. The van der Waals surface area contributed by atoms with E-state index in [-0.39, 0.29) is 20.8 Å². The lowest BCUT2D eigenvalue weighted by molar-refractivity contribution is 0.0973. The summed E-state index contributed by atoms with van der Waals surface area (Å²) in [4.78, 5) is 17.9. The molecule has 1 aliphatic heterocycles. The van der Waals surface area contributed by atoms with Crippen molar-refractivity contribution in [3.8, 4) is 11.4 Å². The lowest BCUT2D eigenvalue weighted by Gasteiger charge is -2.13. The van der Waals surface area contributed by atoms with Gasteiger partial charge in [0.2, 0.25) is 0 Å². The van der Waals surface area contributed by atoms with Crippen LogP contribution in [0.2, 0.25) is 0 Å². The summed E-state index contributed by atoms with van der Waals surface area (Å²) in [6, 6.07) is 4.15. The van der Waals surface area contributed by atoms with Gasteiger partial charge in [-0.05, 0) is 87.1 Å². The minimum Gasteiger partial charge on any atom is -0.268 e. The largest absolute Gasteiger partial charge is 0.268 e. The molecule has 2 aromatic carbocycles. The van der Waals surface area contributed by atoms with E-state index in [1.165, 1.54) is 27.8 Å². The van der Waals surface area contributed by atoms with E-state index < -0.39 is 0 Å². The van der Waals surface area contributed by atoms with Gasteiger partial charge in [0.25, 0.3) is 5.91 Å². The predicted octanol–water partition coefficient (Wildman–Crippen LogP) is 5.83. The second-order valence-electron chi connectivity index (χ2n) is 6.75. The highest BCUT2D eigenvalue weighted by Gasteiger charge is 2.34. The number of nitrogens with zero attached hydrogens (tertiary/aromatic N) is 2. The molecule has 3 aromatic rings. The number of carbonyl (C=O) groups is 1. The van der Waals surface area contributed by atoms with Crippen LogP contribution in [-0.4, -0.2) is 15.5 Å². The lowest BCUT2D eigenvalue weighted by Crippen LogP contribution is -2.09. The van der Waals surface area contributed by atoms with Gasteiger partial charge in [-0.15, -0.1) is 0 Å². The van der Waals surface area contributed by atoms with Crippen molar-refractivity contribution in [2.24, 2.45) is 0 Å². The van der Waals surface area contributed by atoms with Gasteiger partial charge in [-0.1, -0.05) is 14.9 Å². The van der Waals surface area contributed by atoms with Crippen molar-refractivity contribution in [1.82, 2.24) is 9.55 Å². The topological polar surface area (TPSA) is 34.9 Å². The molecule has 0 fully saturated rings. The Labute approximate surface area is 150 Å². The first-order valence-electron chi connectivity index (χ1n) is 7.98. The number of aryl methyl sites for hydroxylation is 2. The molecule has 132 valence electrons. The molecular formula is C22H28N2O. The Bertz CT molecular complexity index is 1040. The van der Waals surface area contributed by atoms with Gasteiger partial charge in [-0.3, -0.25) is 9.36 Å². The molecule has 2 heterocycles. The van der Waals surface area contributed by atoms with Gasteiger partial charge < -0.3 is 0 Å². The molecule has 25 heavy (non-hydrogen) atoms. The third-order valence-electron chi connectivity index (χ3n) is 5.60. The molecule has 3 nitrogen and oxygen atoms in total. The average molecular weight is 336 g/mol. The molecule has 0 spiro atoms. The third kappa shape index (κ3) is 2.18. The fourth-order valence-corrected chi connectivity index (χ4v) is 3.68. The molecule has 0 N–H and O–H groups in total. The van der Waals surface area contributed by atoms with Crippen LogP contribution < -0.4 is 0 Å². The van der Waals surface area contributed by atoms with Gasteiger partial charge in [0.1, 0.15) is 5.82 Å². The van der Waals surface area contributed by atoms with Crippen LogP contribution in [-0.2, 0) is 0 Å². The zero-order valence-electron chi connectivity index (χ0n) is 14.5. The zero-order chi connectivity index (χ0) is 16.6. The Morgan fingerprint density at radius 2 is 1.28 bits per heavy atom. The summed E-state index contributed by atoms with van der Waals surface area (Å²) in [5.41, 5.74) is 10.7. The predicted molar refractivity (Wildman–Crippen MR) is 107 cm³/mol. The molecule has 3 heteroatoms. The Morgan fingerprint density at radius 1 is 0.760 bits per heavy atom. The maximum absolute atomic E-state index is 13.1. The van der Waals surface area contributed by atoms with Crippen molar-refractivity contribution in [2.45, 2.75) is 56.4 Å². The molecule has 0 radical (unpaired) electrons. The normalized spacial score (nSPS) is 11.8. The maximum Gasteiger partial charge on any atom is 0.265 e. The van der Waals surface area contributed by atoms with E-state index in [9.17, 15) is 4.79 Å². The summed E-state index contributed by atoms with van der Waals surface area (Å²) in [5, 5.41) is 0. The van der Waals surface area contributed by atoms with E-state index in [1.54, 1.807) is 4.57 Å². The number of rotatable bonds is 0. The van der Waals surface area contributed by atoms with Gasteiger partial charge in [-0.2, -0.15) is 0 Å². The fraction of sp³-hybridized carbons (Fsp3) is 0.364. The molecule has 0 bridgehead atoms. The van der Waals surface area contributed by atoms with Crippen molar-refractivity contribution < 1.29 is 4.79 Å². The second-order valence-corrected chi connectivity index (χ2v) is 6.75. The first kappa shape index (κ1) is 18.9. The number of imidazole rings is 1. The van der Waals surface area contributed by atoms with Crippen LogP contribution in [0.3, 0.4) is 0 Å². The van der Waals surface area contributed by atoms with Crippen molar-refractivity contribution in [1.29, 1.82) is 0 Å². The number of aromatic nitrogens is 2. The van der Waals surface area contributed by atoms with Crippen LogP contribution in [0.15, 0.2) is 12.1 Å². The molecule has 0 atom stereocenters. The van der Waals surface area contributed by atoms with Gasteiger partial charge >= 0.3 is 0 Å². The Kier molecular flexibility index (Phi) is 4.41. The van der Waals surface area contributed by atoms with E-state index >= 15 is 0 Å². The lowest BCUT2D eigenvalue weighted by atomic mass is 9.90. The number of fused-ring (bicyclic) bond motifs is 5. The molecular weight excluding hydrogens is 308 g/mol. The van der Waals surface area contributed by atoms with Gasteiger partial charge in [0.05, 0.1) is 16.6 Å². The van der Waals surface area contributed by atoms with Gasteiger partial charge in [0, 0.05) is 5.56 Å². The second kappa shape index (κ2) is 5.83. The van der Waals surface area contributed by atoms with Crippen LogP contribution in [0.5, 0.6) is 0 Å². The van der Waals surface area contributed by atoms with Crippen molar-refractivity contribution >= 4 is 16.9 Å². The molecule has 0 saturated carbocycles. The quantitative estimate of drug-likeness (QED) is 0.405. The molecule has 1 aromatic heterocycles. The Hall–Kier alpha value is -2.42. The molecule has 4 rings (SSSR count). The zero-order valence-corrected chi connectivity index (χ0v) is 14.5. The highest BCUT2D eigenvalue weighted by molar-refractivity contribution is 6.14. The van der Waals surface area contributed by atoms with Crippen LogP contribution in [0.4, 0.5) is 0 Å². The van der Waals surface area contributed by atoms with E-state index in [0.29, 0.717) is 0 Å². The van der Waals surface area contributed by atoms with Gasteiger partial charge in [0.15, 0.2) is 0 Å². The van der Waals surface area contributed by atoms with Crippen LogP contribution in [0.25, 0.3) is 22.4 Å². The number of hydrogen-bond acceptors (Lipinski definition) is 2. The van der Waals surface area contributed by atoms with E-state index in [0.717, 1.165) is 33.5 Å². The number of hydrogen-bond donors (Lipinski definition) is 0. The highest BCUT2D eigenvalue weighted by atomic mass is 16.2. The SMILES string of the molecule is C.C.Cc1cc2nc3n(c2cc1C)C(=O)c1c(C)c(C)c(C)c(C)c1-3. The maximum atomic E-state index is 13.1. The summed E-state index contributed by atoms with van der Waals surface area (Å²) in [6.45, 7) is 12.5.